The highest BCUT2D eigenvalue weighted by atomic mass is 79.9. The Bertz CT molecular complexity index is 1080. The molecule has 1 aromatic carbocycles. The third-order valence-corrected chi connectivity index (χ3v) is 5.48. The lowest BCUT2D eigenvalue weighted by molar-refractivity contribution is -0.0370. The van der Waals surface area contributed by atoms with Crippen molar-refractivity contribution in [2.24, 2.45) is 0 Å². The second kappa shape index (κ2) is 6.98. The lowest BCUT2D eigenvalue weighted by Gasteiger charge is -2.22. The van der Waals surface area contributed by atoms with Crippen LogP contribution in [-0.2, 0) is 11.3 Å². The summed E-state index contributed by atoms with van der Waals surface area (Å²) in [5, 5.41) is 10.3. The van der Waals surface area contributed by atoms with Gasteiger partial charge in [0.05, 0.1) is 23.3 Å². The van der Waals surface area contributed by atoms with Crippen LogP contribution < -0.4 is 4.74 Å². The highest BCUT2D eigenvalue weighted by Gasteiger charge is 2.22. The molecule has 3 aromatic heterocycles. The third-order valence-electron chi connectivity index (χ3n) is 4.88. The first-order valence-corrected chi connectivity index (χ1v) is 9.92. The van der Waals surface area contributed by atoms with E-state index in [0.29, 0.717) is 6.61 Å². The molecule has 4 aromatic rings. The van der Waals surface area contributed by atoms with Crippen molar-refractivity contribution in [2.75, 3.05) is 6.61 Å². The van der Waals surface area contributed by atoms with Crippen molar-refractivity contribution < 1.29 is 9.47 Å². The van der Waals surface area contributed by atoms with Crippen LogP contribution >= 0.6 is 15.9 Å². The third kappa shape index (κ3) is 3.11. The first-order valence-electron chi connectivity index (χ1n) is 9.13. The van der Waals surface area contributed by atoms with Crippen LogP contribution in [0.25, 0.3) is 16.6 Å². The van der Waals surface area contributed by atoms with E-state index in [1.165, 1.54) is 0 Å². The number of fused-ring (bicyclic) bond motifs is 3. The predicted octanol–water partition coefficient (Wildman–Crippen LogP) is 4.72. The molecule has 4 heterocycles. The molecule has 7 heteroatoms. The van der Waals surface area contributed by atoms with E-state index in [1.54, 1.807) is 0 Å². The van der Waals surface area contributed by atoms with Gasteiger partial charge < -0.3 is 9.47 Å². The van der Waals surface area contributed by atoms with Crippen LogP contribution in [0, 0.1) is 0 Å². The summed E-state index contributed by atoms with van der Waals surface area (Å²) in [6.45, 7) is 1.30. The molecule has 1 fully saturated rings. The fraction of sp³-hybridized carbons (Fsp3) is 0.300. The van der Waals surface area contributed by atoms with Crippen molar-refractivity contribution in [1.29, 1.82) is 0 Å². The lowest BCUT2D eigenvalue weighted by atomic mass is 10.2. The quantitative estimate of drug-likeness (QED) is 0.473. The van der Waals surface area contributed by atoms with E-state index in [-0.39, 0.29) is 6.23 Å². The number of hydrogen-bond donors (Lipinski definition) is 0. The van der Waals surface area contributed by atoms with Crippen molar-refractivity contribution in [2.45, 2.75) is 32.1 Å². The average Bonchev–Trinajstić information content (AvgIpc) is 3.27. The molecular weight excluding hydrogens is 408 g/mol. The zero-order chi connectivity index (χ0) is 18.2. The molecule has 0 aliphatic carbocycles. The molecule has 6 nitrogen and oxygen atoms in total. The summed E-state index contributed by atoms with van der Waals surface area (Å²) >= 11 is 3.67. The van der Waals surface area contributed by atoms with Crippen LogP contribution in [0.4, 0.5) is 0 Å². The van der Waals surface area contributed by atoms with Crippen LogP contribution in [0.3, 0.4) is 0 Å². The van der Waals surface area contributed by atoms with Gasteiger partial charge in [0.1, 0.15) is 12.4 Å². The van der Waals surface area contributed by atoms with Gasteiger partial charge in [-0.1, -0.05) is 30.3 Å². The minimum absolute atomic E-state index is 0.0336. The predicted molar refractivity (Wildman–Crippen MR) is 106 cm³/mol. The first-order chi connectivity index (χ1) is 13.3. The summed E-state index contributed by atoms with van der Waals surface area (Å²) < 4.78 is 16.5. The average molecular weight is 427 g/mol. The zero-order valence-corrected chi connectivity index (χ0v) is 16.3. The molecule has 0 bridgehead atoms. The van der Waals surface area contributed by atoms with Crippen LogP contribution in [0.2, 0.25) is 0 Å². The number of ether oxygens (including phenoxy) is 2. The molecule has 0 spiro atoms. The molecule has 1 saturated heterocycles. The zero-order valence-electron chi connectivity index (χ0n) is 14.7. The largest absolute Gasteiger partial charge is 0.487 e. The van der Waals surface area contributed by atoms with Crippen LogP contribution in [0.1, 0.15) is 31.1 Å². The van der Waals surface area contributed by atoms with Crippen LogP contribution in [-0.4, -0.2) is 26.0 Å². The molecule has 1 aliphatic rings. The van der Waals surface area contributed by atoms with Crippen molar-refractivity contribution >= 4 is 32.5 Å². The Morgan fingerprint density at radius 2 is 2.11 bits per heavy atom. The maximum Gasteiger partial charge on any atom is 0.183 e. The summed E-state index contributed by atoms with van der Waals surface area (Å²) in [6.07, 6.45) is 6.98. The molecule has 1 unspecified atom stereocenters. The number of nitrogens with zero attached hydrogens (tertiary/aromatic N) is 4. The number of halogens is 1. The maximum atomic E-state index is 5.96. The van der Waals surface area contributed by atoms with Gasteiger partial charge in [-0.15, -0.1) is 5.10 Å². The van der Waals surface area contributed by atoms with E-state index < -0.39 is 0 Å². The van der Waals surface area contributed by atoms with Crippen molar-refractivity contribution in [3.8, 4) is 5.75 Å². The molecule has 0 radical (unpaired) electrons. The van der Waals surface area contributed by atoms with Gasteiger partial charge in [0.25, 0.3) is 0 Å². The number of aromatic nitrogens is 4. The molecule has 0 N–H and O–H groups in total. The smallest absolute Gasteiger partial charge is 0.183 e. The number of hydrogen-bond acceptors (Lipinski definition) is 4. The molecule has 0 amide bonds. The van der Waals surface area contributed by atoms with Gasteiger partial charge in [0.2, 0.25) is 0 Å². The number of pyridine rings is 1. The van der Waals surface area contributed by atoms with E-state index in [4.69, 9.17) is 14.6 Å². The summed E-state index contributed by atoms with van der Waals surface area (Å²) in [6, 6.07) is 12.1. The van der Waals surface area contributed by atoms with E-state index in [1.807, 2.05) is 45.9 Å². The minimum Gasteiger partial charge on any atom is -0.487 e. The summed E-state index contributed by atoms with van der Waals surface area (Å²) in [4.78, 5) is 0. The second-order valence-electron chi connectivity index (χ2n) is 6.74. The Morgan fingerprint density at radius 3 is 2.93 bits per heavy atom. The maximum absolute atomic E-state index is 5.96. The summed E-state index contributed by atoms with van der Waals surface area (Å²) in [7, 11) is 0. The minimum atomic E-state index is -0.0336. The van der Waals surface area contributed by atoms with Gasteiger partial charge in [0, 0.05) is 11.1 Å². The SMILES string of the molecule is Brc1cc(OCc2ccccc2)cn2nc3c(cnn3C3CCCCO3)c12. The van der Waals surface area contributed by atoms with Gasteiger partial charge in [-0.25, -0.2) is 9.20 Å². The van der Waals surface area contributed by atoms with E-state index in [2.05, 4.69) is 33.2 Å². The summed E-state index contributed by atoms with van der Waals surface area (Å²) in [5.41, 5.74) is 2.95. The first kappa shape index (κ1) is 16.8. The van der Waals surface area contributed by atoms with Crippen LogP contribution in [0.5, 0.6) is 5.75 Å². The Labute approximate surface area is 164 Å². The van der Waals surface area contributed by atoms with Gasteiger partial charge in [-0.05, 0) is 46.8 Å². The Balaban J connectivity index is 1.49. The number of benzene rings is 1. The van der Waals surface area contributed by atoms with Gasteiger partial charge in [-0.3, -0.25) is 0 Å². The molecule has 0 saturated carbocycles. The van der Waals surface area contributed by atoms with Crippen molar-refractivity contribution in [3.63, 3.8) is 0 Å². The highest BCUT2D eigenvalue weighted by molar-refractivity contribution is 9.10. The Hall–Kier alpha value is -2.38. The molecule has 5 rings (SSSR count). The van der Waals surface area contributed by atoms with Gasteiger partial charge >= 0.3 is 0 Å². The Morgan fingerprint density at radius 1 is 1.22 bits per heavy atom. The Kier molecular flexibility index (Phi) is 4.33. The lowest BCUT2D eigenvalue weighted by Crippen LogP contribution is -2.19. The fourth-order valence-corrected chi connectivity index (χ4v) is 4.15. The van der Waals surface area contributed by atoms with Gasteiger partial charge in [0.15, 0.2) is 11.9 Å². The normalized spacial score (nSPS) is 17.6. The topological polar surface area (TPSA) is 53.6 Å². The van der Waals surface area contributed by atoms with Crippen molar-refractivity contribution in [1.82, 2.24) is 19.4 Å². The van der Waals surface area contributed by atoms with E-state index in [0.717, 1.165) is 58.2 Å². The standard InChI is InChI=1S/C20H19BrN4O2/c21-17-10-15(27-13-14-6-2-1-3-7-14)12-24-19(17)16-11-22-25(20(16)23-24)18-8-4-5-9-26-18/h1-3,6-7,10-12,18H,4-5,8-9,13H2. The second-order valence-corrected chi connectivity index (χ2v) is 7.59. The fourth-order valence-electron chi connectivity index (χ4n) is 3.53. The molecule has 138 valence electrons. The van der Waals surface area contributed by atoms with Crippen LogP contribution in [0.15, 0.2) is 53.3 Å². The van der Waals surface area contributed by atoms with E-state index in [9.17, 15) is 0 Å². The molecular formula is C20H19BrN4O2. The molecule has 1 aliphatic heterocycles. The van der Waals surface area contributed by atoms with E-state index >= 15 is 0 Å². The number of rotatable bonds is 4. The molecule has 27 heavy (non-hydrogen) atoms. The highest BCUT2D eigenvalue weighted by Crippen LogP contribution is 2.32. The summed E-state index contributed by atoms with van der Waals surface area (Å²) in [5.74, 6) is 0.761. The van der Waals surface area contributed by atoms with Crippen molar-refractivity contribution in [3.05, 3.63) is 58.8 Å². The molecule has 1 atom stereocenters. The monoisotopic (exact) mass is 426 g/mol. The van der Waals surface area contributed by atoms with Gasteiger partial charge in [-0.2, -0.15) is 5.10 Å².